The molecule has 0 spiro atoms. The monoisotopic (exact) mass is 186 g/mol. The minimum atomic E-state index is 1.18. The van der Waals surface area contributed by atoms with E-state index in [1.54, 1.807) is 0 Å². The van der Waals surface area contributed by atoms with Crippen LogP contribution in [0, 0.1) is 0 Å². The van der Waals surface area contributed by atoms with Gasteiger partial charge in [0, 0.05) is 13.6 Å². The summed E-state index contributed by atoms with van der Waals surface area (Å²) in [4.78, 5) is 0. The molecular formula is C10H24N3+. The van der Waals surface area contributed by atoms with Crippen molar-refractivity contribution in [2.45, 2.75) is 13.3 Å². The van der Waals surface area contributed by atoms with Crippen molar-refractivity contribution in [2.75, 3.05) is 53.9 Å². The Morgan fingerprint density at radius 1 is 1.23 bits per heavy atom. The van der Waals surface area contributed by atoms with Crippen molar-refractivity contribution < 1.29 is 4.48 Å². The Balaban J connectivity index is 2.32. The third-order valence-corrected chi connectivity index (χ3v) is 2.96. The molecule has 0 aromatic carbocycles. The van der Waals surface area contributed by atoms with Gasteiger partial charge in [-0.25, -0.2) is 10.0 Å². The van der Waals surface area contributed by atoms with Crippen LogP contribution >= 0.6 is 0 Å². The van der Waals surface area contributed by atoms with Crippen molar-refractivity contribution in [1.29, 1.82) is 0 Å². The summed E-state index contributed by atoms with van der Waals surface area (Å²) < 4.78 is 1.18. The fourth-order valence-electron chi connectivity index (χ4n) is 1.80. The predicted molar refractivity (Wildman–Crippen MR) is 56.3 cm³/mol. The van der Waals surface area contributed by atoms with Gasteiger partial charge in [0.25, 0.3) is 0 Å². The van der Waals surface area contributed by atoms with Crippen LogP contribution in [0.4, 0.5) is 0 Å². The summed E-state index contributed by atoms with van der Waals surface area (Å²) in [5.74, 6) is 0. The molecule has 0 aromatic heterocycles. The molecule has 0 atom stereocenters. The molecule has 0 saturated carbocycles. The van der Waals surface area contributed by atoms with Crippen LogP contribution in [-0.4, -0.2) is 68.4 Å². The van der Waals surface area contributed by atoms with Crippen molar-refractivity contribution in [3.8, 4) is 0 Å². The van der Waals surface area contributed by atoms with Gasteiger partial charge in [0.15, 0.2) is 0 Å². The van der Waals surface area contributed by atoms with Gasteiger partial charge in [-0.2, -0.15) is 0 Å². The molecule has 0 amide bonds. The highest BCUT2D eigenvalue weighted by Crippen LogP contribution is 2.08. The second-order valence-corrected chi connectivity index (χ2v) is 4.72. The Hall–Kier alpha value is -0.120. The van der Waals surface area contributed by atoms with Gasteiger partial charge in [0.2, 0.25) is 0 Å². The number of hydrogen-bond acceptors (Lipinski definition) is 2. The first-order valence-corrected chi connectivity index (χ1v) is 5.33. The second-order valence-electron chi connectivity index (χ2n) is 4.72. The number of hydrogen-bond donors (Lipinski definition) is 0. The van der Waals surface area contributed by atoms with Crippen LogP contribution < -0.4 is 0 Å². The van der Waals surface area contributed by atoms with Crippen molar-refractivity contribution >= 4 is 0 Å². The number of rotatable bonds is 3. The SMILES string of the molecule is CCCN(C)N1CC[N+](C)(C)CC1. The number of nitrogens with zero attached hydrogens (tertiary/aromatic N) is 3. The zero-order chi connectivity index (χ0) is 9.90. The summed E-state index contributed by atoms with van der Waals surface area (Å²) in [6.45, 7) is 8.39. The lowest BCUT2D eigenvalue weighted by molar-refractivity contribution is -0.895. The molecule has 1 aliphatic heterocycles. The fourth-order valence-corrected chi connectivity index (χ4v) is 1.80. The van der Waals surface area contributed by atoms with E-state index in [4.69, 9.17) is 0 Å². The third kappa shape index (κ3) is 3.25. The molecule has 1 saturated heterocycles. The predicted octanol–water partition coefficient (Wildman–Crippen LogP) is 0.635. The highest BCUT2D eigenvalue weighted by Gasteiger charge is 2.25. The van der Waals surface area contributed by atoms with Gasteiger partial charge in [-0.15, -0.1) is 0 Å². The van der Waals surface area contributed by atoms with E-state index in [9.17, 15) is 0 Å². The number of quaternary nitrogens is 1. The smallest absolute Gasteiger partial charge is 0.0926 e. The van der Waals surface area contributed by atoms with Gasteiger partial charge in [-0.1, -0.05) is 6.92 Å². The molecule has 3 nitrogen and oxygen atoms in total. The largest absolute Gasteiger partial charge is 0.326 e. The Labute approximate surface area is 82.5 Å². The summed E-state index contributed by atoms with van der Waals surface area (Å²) in [6, 6.07) is 0. The van der Waals surface area contributed by atoms with Crippen LogP contribution in [-0.2, 0) is 0 Å². The van der Waals surface area contributed by atoms with E-state index in [2.05, 4.69) is 38.1 Å². The first-order valence-electron chi connectivity index (χ1n) is 5.33. The third-order valence-electron chi connectivity index (χ3n) is 2.96. The van der Waals surface area contributed by atoms with E-state index in [1.807, 2.05) is 0 Å². The molecule has 1 heterocycles. The highest BCUT2D eigenvalue weighted by molar-refractivity contribution is 4.59. The zero-order valence-corrected chi connectivity index (χ0v) is 9.58. The average molecular weight is 186 g/mol. The maximum absolute atomic E-state index is 2.48. The van der Waals surface area contributed by atoms with Gasteiger partial charge in [-0.3, -0.25) is 0 Å². The molecule has 1 rings (SSSR count). The summed E-state index contributed by atoms with van der Waals surface area (Å²) in [6.07, 6.45) is 1.24. The molecule has 0 N–H and O–H groups in total. The van der Waals surface area contributed by atoms with E-state index < -0.39 is 0 Å². The van der Waals surface area contributed by atoms with Gasteiger partial charge in [0.05, 0.1) is 40.3 Å². The van der Waals surface area contributed by atoms with Crippen LogP contribution in [0.2, 0.25) is 0 Å². The molecule has 78 valence electrons. The normalized spacial score (nSPS) is 23.8. The van der Waals surface area contributed by atoms with E-state index in [0.717, 1.165) is 0 Å². The van der Waals surface area contributed by atoms with Crippen molar-refractivity contribution in [2.24, 2.45) is 0 Å². The van der Waals surface area contributed by atoms with Gasteiger partial charge in [-0.05, 0) is 6.42 Å². The van der Waals surface area contributed by atoms with Crippen LogP contribution in [0.25, 0.3) is 0 Å². The van der Waals surface area contributed by atoms with E-state index in [0.29, 0.717) is 0 Å². The van der Waals surface area contributed by atoms with Gasteiger partial charge < -0.3 is 4.48 Å². The Morgan fingerprint density at radius 2 is 1.77 bits per heavy atom. The van der Waals surface area contributed by atoms with Crippen LogP contribution in [0.1, 0.15) is 13.3 Å². The Kier molecular flexibility index (Phi) is 3.71. The van der Waals surface area contributed by atoms with Crippen molar-refractivity contribution in [3.63, 3.8) is 0 Å². The molecule has 0 aliphatic carbocycles. The van der Waals surface area contributed by atoms with Crippen LogP contribution in [0.15, 0.2) is 0 Å². The lowest BCUT2D eigenvalue weighted by Gasteiger charge is -2.42. The van der Waals surface area contributed by atoms with E-state index in [1.165, 1.54) is 43.6 Å². The summed E-state index contributed by atoms with van der Waals surface area (Å²) in [5.41, 5.74) is 0. The first kappa shape index (κ1) is 11.0. The minimum Gasteiger partial charge on any atom is -0.326 e. The maximum Gasteiger partial charge on any atom is 0.0926 e. The van der Waals surface area contributed by atoms with Crippen molar-refractivity contribution in [3.05, 3.63) is 0 Å². The lowest BCUT2D eigenvalue weighted by atomic mass is 10.3. The molecule has 0 radical (unpaired) electrons. The summed E-state index contributed by atoms with van der Waals surface area (Å²) >= 11 is 0. The van der Waals surface area contributed by atoms with Crippen LogP contribution in [0.5, 0.6) is 0 Å². The topological polar surface area (TPSA) is 6.48 Å². The van der Waals surface area contributed by atoms with Crippen molar-refractivity contribution in [1.82, 2.24) is 10.0 Å². The van der Waals surface area contributed by atoms with Gasteiger partial charge in [0.1, 0.15) is 0 Å². The molecule has 3 heteroatoms. The maximum atomic E-state index is 2.48. The summed E-state index contributed by atoms with van der Waals surface area (Å²) in [7, 11) is 6.84. The van der Waals surface area contributed by atoms with E-state index in [-0.39, 0.29) is 0 Å². The van der Waals surface area contributed by atoms with Crippen LogP contribution in [0.3, 0.4) is 0 Å². The Bertz CT molecular complexity index is 146. The molecule has 0 aromatic rings. The quantitative estimate of drug-likeness (QED) is 0.597. The molecule has 1 aliphatic rings. The first-order chi connectivity index (χ1) is 6.05. The highest BCUT2D eigenvalue weighted by atomic mass is 15.6. The molecule has 0 bridgehead atoms. The fraction of sp³-hybridized carbons (Fsp3) is 1.00. The summed E-state index contributed by atoms with van der Waals surface area (Å²) in [5, 5.41) is 4.85. The number of likely N-dealkylation sites (N-methyl/N-ethyl adjacent to an activating group) is 1. The molecular weight excluding hydrogens is 162 g/mol. The molecule has 0 unspecified atom stereocenters. The lowest BCUT2D eigenvalue weighted by Crippen LogP contribution is -2.58. The minimum absolute atomic E-state index is 1.18. The Morgan fingerprint density at radius 3 is 2.23 bits per heavy atom. The van der Waals surface area contributed by atoms with E-state index >= 15 is 0 Å². The average Bonchev–Trinajstić information content (AvgIpc) is 2.04. The molecule has 13 heavy (non-hydrogen) atoms. The molecule has 1 fully saturated rings. The van der Waals surface area contributed by atoms with Gasteiger partial charge >= 0.3 is 0 Å². The second kappa shape index (κ2) is 4.40. The number of hydrazine groups is 1. The zero-order valence-electron chi connectivity index (χ0n) is 9.58. The number of piperazine rings is 1. The standard InChI is InChI=1S/C10H24N3/c1-5-6-11(2)12-7-9-13(3,4)10-8-12/h5-10H2,1-4H3/q+1.